The third-order valence-corrected chi connectivity index (χ3v) is 4.53. The van der Waals surface area contributed by atoms with Gasteiger partial charge in [-0.15, -0.1) is 0 Å². The molecule has 0 radical (unpaired) electrons. The Hall–Kier alpha value is -3.12. The molecule has 0 spiro atoms. The number of carbonyl (C=O) groups excluding carboxylic acids is 1. The number of methoxy groups -OCH3 is 1. The number of benzene rings is 2. The fraction of sp³-hybridized carbons (Fsp3) is 0.273. The van der Waals surface area contributed by atoms with Gasteiger partial charge in [-0.25, -0.2) is 4.98 Å². The second kappa shape index (κ2) is 9.19. The van der Waals surface area contributed by atoms with Crippen molar-refractivity contribution >= 4 is 5.91 Å². The molecule has 1 amide bonds. The summed E-state index contributed by atoms with van der Waals surface area (Å²) in [6.07, 6.45) is 3.59. The summed E-state index contributed by atoms with van der Waals surface area (Å²) in [5.74, 6) is 1.29. The number of hydrogen-bond acceptors (Lipinski definition) is 4. The molecule has 0 bridgehead atoms. The van der Waals surface area contributed by atoms with Crippen molar-refractivity contribution < 1.29 is 14.3 Å². The van der Waals surface area contributed by atoms with Crippen molar-refractivity contribution in [2.45, 2.75) is 19.6 Å². The first kappa shape index (κ1) is 19.6. The quantitative estimate of drug-likeness (QED) is 0.651. The Bertz CT molecular complexity index is 922. The Labute approximate surface area is 165 Å². The van der Waals surface area contributed by atoms with Gasteiger partial charge in [-0.1, -0.05) is 30.3 Å². The molecule has 1 heterocycles. The standard InChI is InChI=1S/C22H25N3O3/c1-4-28-15-18-14-17(10-11-19(18)27-3)22(26)24-20(16-8-6-5-7-9-16)21-23-12-13-25(21)2/h5-14,20H,4,15H2,1-3H3,(H,24,26). The molecule has 0 saturated carbocycles. The van der Waals surface area contributed by atoms with Gasteiger partial charge in [0.2, 0.25) is 0 Å². The van der Waals surface area contributed by atoms with E-state index in [-0.39, 0.29) is 11.9 Å². The number of amides is 1. The molecule has 1 unspecified atom stereocenters. The lowest BCUT2D eigenvalue weighted by atomic mass is 10.0. The molecule has 1 aromatic heterocycles. The second-order valence-electron chi connectivity index (χ2n) is 6.38. The molecule has 6 heteroatoms. The summed E-state index contributed by atoms with van der Waals surface area (Å²) in [6, 6.07) is 14.8. The van der Waals surface area contributed by atoms with E-state index in [4.69, 9.17) is 9.47 Å². The van der Waals surface area contributed by atoms with E-state index in [1.165, 1.54) is 0 Å². The molecule has 28 heavy (non-hydrogen) atoms. The normalized spacial score (nSPS) is 11.8. The molecule has 3 rings (SSSR count). The first-order valence-electron chi connectivity index (χ1n) is 9.21. The van der Waals surface area contributed by atoms with Crippen LogP contribution >= 0.6 is 0 Å². The molecule has 0 fully saturated rings. The fourth-order valence-corrected chi connectivity index (χ4v) is 3.06. The predicted octanol–water partition coefficient (Wildman–Crippen LogP) is 3.48. The molecular weight excluding hydrogens is 354 g/mol. The minimum Gasteiger partial charge on any atom is -0.496 e. The van der Waals surface area contributed by atoms with Gasteiger partial charge in [0.15, 0.2) is 0 Å². The van der Waals surface area contributed by atoms with Crippen LogP contribution in [0.25, 0.3) is 0 Å². The Morgan fingerprint density at radius 2 is 2.00 bits per heavy atom. The van der Waals surface area contributed by atoms with Crippen molar-refractivity contribution in [2.24, 2.45) is 7.05 Å². The Kier molecular flexibility index (Phi) is 6.45. The molecule has 0 aliphatic rings. The first-order valence-corrected chi connectivity index (χ1v) is 9.21. The zero-order valence-electron chi connectivity index (χ0n) is 16.4. The molecule has 2 aromatic carbocycles. The number of aromatic nitrogens is 2. The third kappa shape index (κ3) is 4.40. The highest BCUT2D eigenvalue weighted by Gasteiger charge is 2.21. The summed E-state index contributed by atoms with van der Waals surface area (Å²) < 4.78 is 12.8. The van der Waals surface area contributed by atoms with Crippen LogP contribution in [0.1, 0.15) is 40.3 Å². The maximum Gasteiger partial charge on any atom is 0.252 e. The van der Waals surface area contributed by atoms with Crippen LogP contribution in [0, 0.1) is 0 Å². The fourth-order valence-electron chi connectivity index (χ4n) is 3.06. The van der Waals surface area contributed by atoms with Gasteiger partial charge in [-0.2, -0.15) is 0 Å². The highest BCUT2D eigenvalue weighted by Crippen LogP contribution is 2.23. The van der Waals surface area contributed by atoms with Crippen LogP contribution in [0.5, 0.6) is 5.75 Å². The van der Waals surface area contributed by atoms with Crippen LogP contribution in [-0.4, -0.2) is 29.2 Å². The number of rotatable bonds is 8. The van der Waals surface area contributed by atoms with Crippen molar-refractivity contribution in [3.05, 3.63) is 83.4 Å². The lowest BCUT2D eigenvalue weighted by Gasteiger charge is -2.19. The highest BCUT2D eigenvalue weighted by atomic mass is 16.5. The number of carbonyl (C=O) groups is 1. The summed E-state index contributed by atoms with van der Waals surface area (Å²) in [7, 11) is 3.52. The number of ether oxygens (including phenoxy) is 2. The Morgan fingerprint density at radius 3 is 2.64 bits per heavy atom. The third-order valence-electron chi connectivity index (χ3n) is 4.53. The van der Waals surface area contributed by atoms with Gasteiger partial charge in [0.25, 0.3) is 5.91 Å². The number of nitrogens with zero attached hydrogens (tertiary/aromatic N) is 2. The van der Waals surface area contributed by atoms with E-state index in [1.807, 2.05) is 61.1 Å². The minimum atomic E-state index is -0.355. The zero-order valence-corrected chi connectivity index (χ0v) is 16.4. The molecular formula is C22H25N3O3. The van der Waals surface area contributed by atoms with Crippen molar-refractivity contribution in [3.63, 3.8) is 0 Å². The number of aryl methyl sites for hydroxylation is 1. The Morgan fingerprint density at radius 1 is 1.21 bits per heavy atom. The van der Waals surface area contributed by atoms with E-state index in [9.17, 15) is 4.79 Å². The maximum absolute atomic E-state index is 13.0. The number of hydrogen-bond donors (Lipinski definition) is 1. The molecule has 1 N–H and O–H groups in total. The second-order valence-corrected chi connectivity index (χ2v) is 6.38. The maximum atomic E-state index is 13.0. The summed E-state index contributed by atoms with van der Waals surface area (Å²) in [5, 5.41) is 3.11. The SMILES string of the molecule is CCOCc1cc(C(=O)NC(c2ccccc2)c2nccn2C)ccc1OC. The highest BCUT2D eigenvalue weighted by molar-refractivity contribution is 5.95. The molecule has 6 nitrogen and oxygen atoms in total. The van der Waals surface area contributed by atoms with E-state index >= 15 is 0 Å². The summed E-state index contributed by atoms with van der Waals surface area (Å²) in [6.45, 7) is 2.91. The van der Waals surface area contributed by atoms with Crippen LogP contribution in [-0.2, 0) is 18.4 Å². The minimum absolute atomic E-state index is 0.183. The predicted molar refractivity (Wildman–Crippen MR) is 107 cm³/mol. The van der Waals surface area contributed by atoms with E-state index < -0.39 is 0 Å². The summed E-state index contributed by atoms with van der Waals surface area (Å²) in [4.78, 5) is 17.5. The molecule has 3 aromatic rings. The zero-order chi connectivity index (χ0) is 19.9. The molecule has 146 valence electrons. The molecule has 0 saturated heterocycles. The van der Waals surface area contributed by atoms with Gasteiger partial charge in [-0.3, -0.25) is 4.79 Å². The molecule has 0 aliphatic carbocycles. The average Bonchev–Trinajstić information content (AvgIpc) is 3.16. The summed E-state index contributed by atoms with van der Waals surface area (Å²) in [5.41, 5.74) is 2.35. The van der Waals surface area contributed by atoms with Crippen LogP contribution in [0.15, 0.2) is 60.9 Å². The Balaban J connectivity index is 1.89. The van der Waals surface area contributed by atoms with Crippen LogP contribution < -0.4 is 10.1 Å². The van der Waals surface area contributed by atoms with Crippen molar-refractivity contribution in [1.29, 1.82) is 0 Å². The first-order chi connectivity index (χ1) is 13.6. The van der Waals surface area contributed by atoms with Gasteiger partial charge in [0.1, 0.15) is 17.6 Å². The van der Waals surface area contributed by atoms with E-state index in [0.29, 0.717) is 24.5 Å². The van der Waals surface area contributed by atoms with Gasteiger partial charge in [0.05, 0.1) is 13.7 Å². The van der Waals surface area contributed by atoms with Gasteiger partial charge in [0, 0.05) is 37.2 Å². The van der Waals surface area contributed by atoms with Crippen molar-refractivity contribution in [3.8, 4) is 5.75 Å². The largest absolute Gasteiger partial charge is 0.496 e. The van der Waals surface area contributed by atoms with Crippen LogP contribution in [0.4, 0.5) is 0 Å². The van der Waals surface area contributed by atoms with Crippen molar-refractivity contribution in [1.82, 2.24) is 14.9 Å². The van der Waals surface area contributed by atoms with E-state index in [0.717, 1.165) is 17.0 Å². The van der Waals surface area contributed by atoms with Crippen LogP contribution in [0.3, 0.4) is 0 Å². The van der Waals surface area contributed by atoms with Gasteiger partial charge < -0.3 is 19.4 Å². The molecule has 1 atom stereocenters. The topological polar surface area (TPSA) is 65.4 Å². The van der Waals surface area contributed by atoms with E-state index in [1.54, 1.807) is 25.4 Å². The lowest BCUT2D eigenvalue weighted by Crippen LogP contribution is -2.31. The average molecular weight is 379 g/mol. The van der Waals surface area contributed by atoms with Crippen molar-refractivity contribution in [2.75, 3.05) is 13.7 Å². The van der Waals surface area contributed by atoms with E-state index in [2.05, 4.69) is 10.3 Å². The monoisotopic (exact) mass is 379 g/mol. The lowest BCUT2D eigenvalue weighted by molar-refractivity contribution is 0.0940. The molecule has 0 aliphatic heterocycles. The summed E-state index contributed by atoms with van der Waals surface area (Å²) >= 11 is 0. The van der Waals surface area contributed by atoms with Gasteiger partial charge in [-0.05, 0) is 30.7 Å². The number of imidazole rings is 1. The number of nitrogens with one attached hydrogen (secondary N) is 1. The van der Waals surface area contributed by atoms with Gasteiger partial charge >= 0.3 is 0 Å². The van der Waals surface area contributed by atoms with Crippen LogP contribution in [0.2, 0.25) is 0 Å². The smallest absolute Gasteiger partial charge is 0.252 e.